The fourth-order valence-corrected chi connectivity index (χ4v) is 2.16. The van der Waals surface area contributed by atoms with Gasteiger partial charge in [-0.2, -0.15) is 26.3 Å². The van der Waals surface area contributed by atoms with Gasteiger partial charge in [0.25, 0.3) is 5.91 Å². The molecule has 0 aliphatic heterocycles. The molecule has 1 amide bonds. The lowest BCUT2D eigenvalue weighted by Crippen LogP contribution is -2.22. The van der Waals surface area contributed by atoms with Crippen molar-refractivity contribution < 1.29 is 35.9 Å². The van der Waals surface area contributed by atoms with Crippen LogP contribution in [-0.2, 0) is 0 Å². The van der Waals surface area contributed by atoms with E-state index in [1.165, 1.54) is 24.3 Å². The van der Waals surface area contributed by atoms with Gasteiger partial charge < -0.3 is 15.4 Å². The fourth-order valence-electron chi connectivity index (χ4n) is 1.94. The van der Waals surface area contributed by atoms with Crippen LogP contribution in [-0.4, -0.2) is 36.4 Å². The lowest BCUT2D eigenvalue weighted by atomic mass is 10.2. The van der Waals surface area contributed by atoms with Crippen LogP contribution in [0.2, 0.25) is 5.02 Å². The average molecular weight is 428 g/mol. The van der Waals surface area contributed by atoms with Crippen LogP contribution in [0.1, 0.15) is 10.4 Å². The zero-order valence-electron chi connectivity index (χ0n) is 13.8. The first-order valence-electron chi connectivity index (χ1n) is 7.51. The topological polar surface area (TPSA) is 63.2 Å². The number of nitrogens with one attached hydrogen (secondary N) is 2. The molecule has 152 valence electrons. The Morgan fingerprint density at radius 3 is 2.29 bits per heavy atom. The molecule has 0 fully saturated rings. The second kappa shape index (κ2) is 8.55. The molecule has 1 heterocycles. The molecule has 0 unspecified atom stereocenters. The SMILES string of the molecule is O=C(Nc1ccccc1NCC(F)(F)F)c1cnc(OCC(F)(F)F)c(Cl)c1. The fraction of sp³-hybridized carbons (Fsp3) is 0.250. The first-order chi connectivity index (χ1) is 12.9. The van der Waals surface area contributed by atoms with E-state index in [-0.39, 0.29) is 22.0 Å². The Kier molecular flexibility index (Phi) is 6.60. The molecule has 0 saturated heterocycles. The molecule has 0 spiro atoms. The molecule has 0 aliphatic carbocycles. The van der Waals surface area contributed by atoms with Crippen LogP contribution in [0.5, 0.6) is 5.88 Å². The van der Waals surface area contributed by atoms with Crippen molar-refractivity contribution in [2.24, 2.45) is 0 Å². The largest absolute Gasteiger partial charge is 0.467 e. The van der Waals surface area contributed by atoms with Gasteiger partial charge in [-0.1, -0.05) is 23.7 Å². The van der Waals surface area contributed by atoms with Crippen LogP contribution in [0, 0.1) is 0 Å². The molecule has 1 aromatic heterocycles. The highest BCUT2D eigenvalue weighted by Crippen LogP contribution is 2.27. The number of carbonyl (C=O) groups is 1. The van der Waals surface area contributed by atoms with Crippen LogP contribution >= 0.6 is 11.6 Å². The molecule has 28 heavy (non-hydrogen) atoms. The summed E-state index contributed by atoms with van der Waals surface area (Å²) in [5.74, 6) is -1.29. The summed E-state index contributed by atoms with van der Waals surface area (Å²) in [6.07, 6.45) is -8.12. The number of anilines is 2. The van der Waals surface area contributed by atoms with Gasteiger partial charge in [-0.3, -0.25) is 4.79 Å². The smallest absolute Gasteiger partial charge is 0.422 e. The van der Waals surface area contributed by atoms with Crippen LogP contribution in [0.25, 0.3) is 0 Å². The first kappa shape index (κ1) is 21.6. The summed E-state index contributed by atoms with van der Waals surface area (Å²) in [5.41, 5.74) is -0.0439. The van der Waals surface area contributed by atoms with Gasteiger partial charge >= 0.3 is 12.4 Å². The Labute approximate surface area is 159 Å². The van der Waals surface area contributed by atoms with E-state index in [2.05, 4.69) is 20.4 Å². The molecule has 5 nitrogen and oxygen atoms in total. The van der Waals surface area contributed by atoms with Gasteiger partial charge in [-0.15, -0.1) is 0 Å². The summed E-state index contributed by atoms with van der Waals surface area (Å²) in [4.78, 5) is 15.8. The van der Waals surface area contributed by atoms with Crippen LogP contribution in [0.3, 0.4) is 0 Å². The Morgan fingerprint density at radius 1 is 1.07 bits per heavy atom. The number of carbonyl (C=O) groups excluding carboxylic acids is 1. The highest BCUT2D eigenvalue weighted by atomic mass is 35.5. The minimum atomic E-state index is -4.59. The van der Waals surface area contributed by atoms with Crippen molar-refractivity contribution in [1.82, 2.24) is 4.98 Å². The highest BCUT2D eigenvalue weighted by Gasteiger charge is 2.29. The van der Waals surface area contributed by atoms with Gasteiger partial charge in [0.05, 0.1) is 16.9 Å². The van der Waals surface area contributed by atoms with Crippen LogP contribution in [0.4, 0.5) is 37.7 Å². The number of hydrogen-bond donors (Lipinski definition) is 2. The van der Waals surface area contributed by atoms with E-state index in [4.69, 9.17) is 11.6 Å². The van der Waals surface area contributed by atoms with Crippen molar-refractivity contribution >= 4 is 28.9 Å². The molecule has 2 aromatic rings. The number of benzene rings is 1. The number of halogens is 7. The van der Waals surface area contributed by atoms with E-state index in [9.17, 15) is 31.1 Å². The van der Waals surface area contributed by atoms with Crippen LogP contribution < -0.4 is 15.4 Å². The monoisotopic (exact) mass is 427 g/mol. The van der Waals surface area contributed by atoms with Gasteiger partial charge in [-0.25, -0.2) is 4.98 Å². The summed E-state index contributed by atoms with van der Waals surface area (Å²) >= 11 is 5.76. The zero-order valence-corrected chi connectivity index (χ0v) is 14.5. The minimum Gasteiger partial charge on any atom is -0.467 e. The third-order valence-corrected chi connectivity index (χ3v) is 3.37. The van der Waals surface area contributed by atoms with E-state index < -0.39 is 37.3 Å². The number of pyridine rings is 1. The average Bonchev–Trinajstić information content (AvgIpc) is 2.58. The predicted octanol–water partition coefficient (Wildman–Crippen LogP) is 4.90. The summed E-state index contributed by atoms with van der Waals surface area (Å²) in [6, 6.07) is 6.70. The van der Waals surface area contributed by atoms with Crippen molar-refractivity contribution in [1.29, 1.82) is 0 Å². The second-order valence-corrected chi connectivity index (χ2v) is 5.79. The first-order valence-corrected chi connectivity index (χ1v) is 7.88. The minimum absolute atomic E-state index is 0.0253. The molecule has 0 saturated carbocycles. The molecule has 12 heteroatoms. The van der Waals surface area contributed by atoms with Gasteiger partial charge in [0.15, 0.2) is 6.61 Å². The molecule has 0 atom stereocenters. The number of rotatable bonds is 6. The summed E-state index contributed by atoms with van der Waals surface area (Å²) < 4.78 is 78.0. The maximum atomic E-state index is 12.4. The molecule has 0 bridgehead atoms. The standard InChI is InChI=1S/C16H12ClF6N3O2/c17-10-5-9(6-24-14(10)28-8-16(21,22)23)13(27)26-12-4-2-1-3-11(12)25-7-15(18,19)20/h1-6,25H,7-8H2,(H,26,27). The molecular weight excluding hydrogens is 416 g/mol. The predicted molar refractivity (Wildman–Crippen MR) is 89.7 cm³/mol. The third-order valence-electron chi connectivity index (χ3n) is 3.10. The van der Waals surface area contributed by atoms with Crippen LogP contribution in [0.15, 0.2) is 36.5 Å². The van der Waals surface area contributed by atoms with Gasteiger partial charge in [0.1, 0.15) is 11.6 Å². The Bertz CT molecular complexity index is 842. The van der Waals surface area contributed by atoms with E-state index in [1.807, 2.05) is 0 Å². The lowest BCUT2D eigenvalue weighted by Gasteiger charge is -2.14. The summed E-state index contributed by atoms with van der Waals surface area (Å²) in [7, 11) is 0. The van der Waals surface area contributed by atoms with E-state index in [1.54, 1.807) is 0 Å². The quantitative estimate of drug-likeness (QED) is 0.643. The van der Waals surface area contributed by atoms with E-state index >= 15 is 0 Å². The van der Waals surface area contributed by atoms with E-state index in [0.29, 0.717) is 0 Å². The maximum Gasteiger partial charge on any atom is 0.422 e. The van der Waals surface area contributed by atoms with Crippen molar-refractivity contribution in [3.05, 3.63) is 47.1 Å². The van der Waals surface area contributed by atoms with E-state index in [0.717, 1.165) is 12.3 Å². The lowest BCUT2D eigenvalue weighted by molar-refractivity contribution is -0.154. The maximum absolute atomic E-state index is 12.4. The molecule has 2 N–H and O–H groups in total. The number of aromatic nitrogens is 1. The van der Waals surface area contributed by atoms with Gasteiger partial charge in [0.2, 0.25) is 5.88 Å². The summed E-state index contributed by atoms with van der Waals surface area (Å²) in [5, 5.41) is 4.20. The Morgan fingerprint density at radius 2 is 1.71 bits per heavy atom. The highest BCUT2D eigenvalue weighted by molar-refractivity contribution is 6.32. The number of amides is 1. The third kappa shape index (κ3) is 6.80. The molecule has 1 aromatic carbocycles. The number of ether oxygens (including phenoxy) is 1. The molecule has 0 aliphatic rings. The molecule has 2 rings (SSSR count). The van der Waals surface area contributed by atoms with Crippen molar-refractivity contribution in [3.8, 4) is 5.88 Å². The number of para-hydroxylation sites is 2. The second-order valence-electron chi connectivity index (χ2n) is 5.38. The van der Waals surface area contributed by atoms with Gasteiger partial charge in [0, 0.05) is 6.20 Å². The van der Waals surface area contributed by atoms with Crippen molar-refractivity contribution in [2.45, 2.75) is 12.4 Å². The normalized spacial score (nSPS) is 11.8. The zero-order chi connectivity index (χ0) is 20.9. The number of hydrogen-bond acceptors (Lipinski definition) is 4. The van der Waals surface area contributed by atoms with Crippen molar-refractivity contribution in [2.75, 3.05) is 23.8 Å². The molecular formula is C16H12ClF6N3O2. The molecule has 0 radical (unpaired) electrons. The van der Waals surface area contributed by atoms with Gasteiger partial charge in [-0.05, 0) is 18.2 Å². The number of nitrogens with zero attached hydrogens (tertiary/aromatic N) is 1. The summed E-state index contributed by atoms with van der Waals surface area (Å²) in [6.45, 7) is -2.91. The van der Waals surface area contributed by atoms with Crippen molar-refractivity contribution in [3.63, 3.8) is 0 Å². The Balaban J connectivity index is 2.10. The Hall–Kier alpha value is -2.69. The number of alkyl halides is 6.